The molecule has 1 aliphatic rings. The molecule has 1 amide bonds. The molecule has 1 fully saturated rings. The molecule has 0 atom stereocenters. The quantitative estimate of drug-likeness (QED) is 0.567. The Morgan fingerprint density at radius 2 is 1.72 bits per heavy atom. The first-order valence-corrected chi connectivity index (χ1v) is 12.3. The minimum absolute atomic E-state index is 0.0503. The summed E-state index contributed by atoms with van der Waals surface area (Å²) < 4.78 is 50.8. The van der Waals surface area contributed by atoms with Crippen LogP contribution in [0.15, 0.2) is 53.4 Å². The van der Waals surface area contributed by atoms with Crippen LogP contribution in [0.5, 0.6) is 0 Å². The molecule has 0 aliphatic carbocycles. The molecular formula is C21H18ClF2N3O3S2. The molecule has 0 saturated carbocycles. The smallest absolute Gasteiger partial charge is 0.283 e. The highest BCUT2D eigenvalue weighted by atomic mass is 35.5. The number of benzene rings is 2. The lowest BCUT2D eigenvalue weighted by Crippen LogP contribution is -2.45. The molecule has 1 aromatic heterocycles. The van der Waals surface area contributed by atoms with E-state index in [0.717, 1.165) is 16.2 Å². The van der Waals surface area contributed by atoms with Gasteiger partial charge in [-0.2, -0.15) is 0 Å². The van der Waals surface area contributed by atoms with Crippen LogP contribution in [0.1, 0.15) is 22.6 Å². The Morgan fingerprint density at radius 3 is 2.31 bits per heavy atom. The highest BCUT2D eigenvalue weighted by molar-refractivity contribution is 7.89. The summed E-state index contributed by atoms with van der Waals surface area (Å²) in [5.41, 5.74) is 1.77. The normalized spacial score (nSPS) is 16.2. The van der Waals surface area contributed by atoms with Gasteiger partial charge >= 0.3 is 0 Å². The van der Waals surface area contributed by atoms with Gasteiger partial charge in [0.25, 0.3) is 11.8 Å². The molecule has 6 nitrogen and oxygen atoms in total. The van der Waals surface area contributed by atoms with E-state index in [2.05, 4.69) is 4.98 Å². The van der Waals surface area contributed by atoms with Crippen LogP contribution in [0.3, 0.4) is 0 Å². The third kappa shape index (κ3) is 4.83. The standard InChI is InChI=1S/C21H18ClF2N3O3S2/c22-15-6-2-13(3-7-15)17-18(14-4-8-16(9-5-14)32(25,29)30)31-19(26-17)20(28)27-11-1-10-21(23,24)12-27/h2-9H,1,10-12H2,(H2,25,29,30). The number of primary sulfonamides is 1. The molecule has 2 N–H and O–H groups in total. The van der Waals surface area contributed by atoms with Crippen LogP contribution in [-0.2, 0) is 10.0 Å². The average Bonchev–Trinajstić information content (AvgIpc) is 3.18. The molecule has 0 bridgehead atoms. The number of carbonyl (C=O) groups is 1. The van der Waals surface area contributed by atoms with Crippen molar-refractivity contribution in [1.82, 2.24) is 9.88 Å². The molecule has 0 unspecified atom stereocenters. The van der Waals surface area contributed by atoms with Gasteiger partial charge in [-0.15, -0.1) is 11.3 Å². The maximum atomic E-state index is 13.8. The molecule has 4 rings (SSSR count). The van der Waals surface area contributed by atoms with Crippen molar-refractivity contribution in [3.63, 3.8) is 0 Å². The molecule has 11 heteroatoms. The number of amides is 1. The van der Waals surface area contributed by atoms with E-state index < -0.39 is 28.4 Å². The Hall–Kier alpha value is -2.40. The highest BCUT2D eigenvalue weighted by Gasteiger charge is 2.38. The van der Waals surface area contributed by atoms with Gasteiger partial charge in [-0.1, -0.05) is 35.9 Å². The van der Waals surface area contributed by atoms with Crippen LogP contribution in [0.4, 0.5) is 8.78 Å². The molecule has 32 heavy (non-hydrogen) atoms. The molecule has 1 saturated heterocycles. The lowest BCUT2D eigenvalue weighted by atomic mass is 10.1. The largest absolute Gasteiger partial charge is 0.331 e. The monoisotopic (exact) mass is 497 g/mol. The maximum absolute atomic E-state index is 13.8. The van der Waals surface area contributed by atoms with Crippen molar-refractivity contribution in [1.29, 1.82) is 0 Å². The van der Waals surface area contributed by atoms with Crippen LogP contribution in [-0.4, -0.2) is 43.2 Å². The number of hydrogen-bond acceptors (Lipinski definition) is 5. The predicted octanol–water partition coefficient (Wildman–Crippen LogP) is 4.65. The van der Waals surface area contributed by atoms with E-state index in [9.17, 15) is 22.0 Å². The summed E-state index contributed by atoms with van der Waals surface area (Å²) in [5, 5.41) is 5.77. The van der Waals surface area contributed by atoms with E-state index in [4.69, 9.17) is 16.7 Å². The second-order valence-electron chi connectivity index (χ2n) is 7.46. The van der Waals surface area contributed by atoms with E-state index in [1.165, 1.54) is 12.1 Å². The summed E-state index contributed by atoms with van der Waals surface area (Å²) in [5.74, 6) is -3.48. The van der Waals surface area contributed by atoms with Crippen LogP contribution in [0.2, 0.25) is 5.02 Å². The maximum Gasteiger partial charge on any atom is 0.283 e. The Morgan fingerprint density at radius 1 is 1.09 bits per heavy atom. The number of likely N-dealkylation sites (tertiary alicyclic amines) is 1. The van der Waals surface area contributed by atoms with Gasteiger partial charge in [0.05, 0.1) is 22.0 Å². The number of halogens is 3. The first-order valence-electron chi connectivity index (χ1n) is 9.61. The molecule has 1 aliphatic heterocycles. The second kappa shape index (κ2) is 8.51. The van der Waals surface area contributed by atoms with Crippen molar-refractivity contribution in [3.8, 4) is 21.7 Å². The molecule has 2 heterocycles. The van der Waals surface area contributed by atoms with Crippen molar-refractivity contribution < 1.29 is 22.0 Å². The van der Waals surface area contributed by atoms with Crippen LogP contribution in [0, 0.1) is 0 Å². The summed E-state index contributed by atoms with van der Waals surface area (Å²) in [7, 11) is -3.86. The minimum Gasteiger partial charge on any atom is -0.331 e. The molecular weight excluding hydrogens is 480 g/mol. The average molecular weight is 498 g/mol. The summed E-state index contributed by atoms with van der Waals surface area (Å²) >= 11 is 7.05. The number of nitrogens with two attached hydrogens (primary N) is 1. The number of carbonyl (C=O) groups excluding carboxylic acids is 1. The number of hydrogen-bond donors (Lipinski definition) is 1. The first kappa shape index (κ1) is 22.8. The van der Waals surface area contributed by atoms with Crippen LogP contribution < -0.4 is 5.14 Å². The SMILES string of the molecule is NS(=O)(=O)c1ccc(-c2sc(C(=O)N3CCCC(F)(F)C3)nc2-c2ccc(Cl)cc2)cc1. The fourth-order valence-electron chi connectivity index (χ4n) is 3.48. The van der Waals surface area contributed by atoms with Gasteiger partial charge in [-0.3, -0.25) is 4.79 Å². The summed E-state index contributed by atoms with van der Waals surface area (Å²) in [4.78, 5) is 19.1. The van der Waals surface area contributed by atoms with Crippen LogP contribution >= 0.6 is 22.9 Å². The van der Waals surface area contributed by atoms with E-state index in [1.54, 1.807) is 36.4 Å². The first-order chi connectivity index (χ1) is 15.0. The summed E-state index contributed by atoms with van der Waals surface area (Å²) in [6.45, 7) is -0.400. The van der Waals surface area contributed by atoms with Gasteiger partial charge in [-0.05, 0) is 36.2 Å². The molecule has 0 spiro atoms. The topological polar surface area (TPSA) is 93.4 Å². The zero-order valence-corrected chi connectivity index (χ0v) is 19.0. The Labute approximate surface area is 192 Å². The van der Waals surface area contributed by atoms with Gasteiger partial charge in [-0.25, -0.2) is 27.3 Å². The molecule has 0 radical (unpaired) electrons. The highest BCUT2D eigenvalue weighted by Crippen LogP contribution is 2.38. The van der Waals surface area contributed by atoms with E-state index in [1.807, 2.05) is 0 Å². The summed E-state index contributed by atoms with van der Waals surface area (Å²) in [6, 6.07) is 12.7. The van der Waals surface area contributed by atoms with Crippen molar-refractivity contribution in [2.45, 2.75) is 23.7 Å². The predicted molar refractivity (Wildman–Crippen MR) is 119 cm³/mol. The third-order valence-corrected chi connectivity index (χ3v) is 7.33. The van der Waals surface area contributed by atoms with Crippen molar-refractivity contribution >= 4 is 38.9 Å². The number of rotatable bonds is 4. The van der Waals surface area contributed by atoms with Crippen LogP contribution in [0.25, 0.3) is 21.7 Å². The van der Waals surface area contributed by atoms with E-state index in [-0.39, 0.29) is 29.3 Å². The second-order valence-corrected chi connectivity index (χ2v) is 10.5. The minimum atomic E-state index is -3.86. The number of alkyl halides is 2. The van der Waals surface area contributed by atoms with Gasteiger partial charge in [0.2, 0.25) is 10.0 Å². The number of sulfonamides is 1. The van der Waals surface area contributed by atoms with Crippen molar-refractivity contribution in [3.05, 3.63) is 58.6 Å². The lowest BCUT2D eigenvalue weighted by Gasteiger charge is -2.31. The lowest BCUT2D eigenvalue weighted by molar-refractivity contribution is -0.0560. The Balaban J connectivity index is 1.77. The number of aromatic nitrogens is 1. The zero-order chi connectivity index (χ0) is 23.1. The molecule has 2 aromatic carbocycles. The third-order valence-electron chi connectivity index (χ3n) is 5.05. The number of thiazole rings is 1. The van der Waals surface area contributed by atoms with E-state index >= 15 is 0 Å². The Kier molecular flexibility index (Phi) is 6.06. The number of piperidine rings is 1. The number of nitrogens with zero attached hydrogens (tertiary/aromatic N) is 2. The van der Waals surface area contributed by atoms with Crippen molar-refractivity contribution in [2.75, 3.05) is 13.1 Å². The summed E-state index contributed by atoms with van der Waals surface area (Å²) in [6.07, 6.45) is -0.0254. The zero-order valence-electron chi connectivity index (χ0n) is 16.6. The molecule has 168 valence electrons. The fraction of sp³-hybridized carbons (Fsp3) is 0.238. The van der Waals surface area contributed by atoms with Gasteiger partial charge in [0, 0.05) is 23.6 Å². The Bertz CT molecular complexity index is 1260. The van der Waals surface area contributed by atoms with Crippen molar-refractivity contribution in [2.24, 2.45) is 5.14 Å². The van der Waals surface area contributed by atoms with Gasteiger partial charge < -0.3 is 4.90 Å². The van der Waals surface area contributed by atoms with Gasteiger partial charge in [0.15, 0.2) is 5.01 Å². The molecule has 3 aromatic rings. The van der Waals surface area contributed by atoms with Gasteiger partial charge in [0.1, 0.15) is 0 Å². The van der Waals surface area contributed by atoms with E-state index in [0.29, 0.717) is 26.7 Å². The fourth-order valence-corrected chi connectivity index (χ4v) is 5.18.